The van der Waals surface area contributed by atoms with Gasteiger partial charge in [-0.2, -0.15) is 8.42 Å². The van der Waals surface area contributed by atoms with Crippen molar-refractivity contribution in [2.75, 3.05) is 0 Å². The average Bonchev–Trinajstić information content (AvgIpc) is 3.07. The molecule has 1 saturated carbocycles. The quantitative estimate of drug-likeness (QED) is 0.493. The third-order valence-electron chi connectivity index (χ3n) is 3.34. The summed E-state index contributed by atoms with van der Waals surface area (Å²) in [5.74, 6) is -0.705. The van der Waals surface area contributed by atoms with Gasteiger partial charge in [0.1, 0.15) is 5.75 Å². The number of rotatable bonds is 4. The van der Waals surface area contributed by atoms with Crippen molar-refractivity contribution in [1.29, 1.82) is 0 Å². The molecule has 0 amide bonds. The first-order valence-corrected chi connectivity index (χ1v) is 7.54. The summed E-state index contributed by atoms with van der Waals surface area (Å²) >= 11 is 0. The number of benzene rings is 1. The summed E-state index contributed by atoms with van der Waals surface area (Å²) in [5.41, 5.74) is -0.918. The first kappa shape index (κ1) is 15.0. The zero-order chi connectivity index (χ0) is 15.1. The van der Waals surface area contributed by atoms with Gasteiger partial charge in [-0.3, -0.25) is 9.35 Å². The zero-order valence-corrected chi connectivity index (χ0v) is 11.9. The Morgan fingerprint density at radius 3 is 2.25 bits per heavy atom. The Bertz CT molecular complexity index is 611. The molecule has 6 nitrogen and oxygen atoms in total. The minimum atomic E-state index is -4.25. The van der Waals surface area contributed by atoms with Crippen molar-refractivity contribution >= 4 is 16.1 Å². The van der Waals surface area contributed by atoms with Crippen molar-refractivity contribution in [2.45, 2.75) is 30.8 Å². The van der Waals surface area contributed by atoms with Crippen LogP contribution in [-0.4, -0.2) is 29.6 Å². The summed E-state index contributed by atoms with van der Waals surface area (Å²) in [6.45, 7) is 3.29. The monoisotopic (exact) mass is 300 g/mol. The van der Waals surface area contributed by atoms with E-state index in [9.17, 15) is 18.3 Å². The molecule has 0 saturated heterocycles. The number of ether oxygens (including phenoxy) is 1. The van der Waals surface area contributed by atoms with E-state index in [4.69, 9.17) is 9.29 Å². The van der Waals surface area contributed by atoms with Crippen LogP contribution in [0.25, 0.3) is 0 Å². The molecule has 20 heavy (non-hydrogen) atoms. The van der Waals surface area contributed by atoms with Gasteiger partial charge >= 0.3 is 5.97 Å². The highest BCUT2D eigenvalue weighted by molar-refractivity contribution is 7.85. The molecular formula is C13H16O6S. The van der Waals surface area contributed by atoms with Gasteiger partial charge in [0.05, 0.1) is 16.4 Å². The minimum absolute atomic E-state index is 0.118. The Hall–Kier alpha value is -1.44. The van der Waals surface area contributed by atoms with Crippen LogP contribution >= 0.6 is 0 Å². The maximum Gasteiger partial charge on any atom is 0.314 e. The van der Waals surface area contributed by atoms with Gasteiger partial charge in [-0.15, -0.1) is 0 Å². The second-order valence-corrected chi connectivity index (χ2v) is 6.89. The highest BCUT2D eigenvalue weighted by atomic mass is 32.2. The second-order valence-electron chi connectivity index (χ2n) is 5.47. The lowest BCUT2D eigenvalue weighted by molar-refractivity contribution is -0.137. The van der Waals surface area contributed by atoms with Crippen LogP contribution in [0.5, 0.6) is 5.75 Å². The molecule has 2 N–H and O–H groups in total. The molecule has 2 atom stereocenters. The predicted molar refractivity (Wildman–Crippen MR) is 69.8 cm³/mol. The van der Waals surface area contributed by atoms with Crippen molar-refractivity contribution in [3.63, 3.8) is 0 Å². The van der Waals surface area contributed by atoms with E-state index in [1.165, 1.54) is 12.1 Å². The van der Waals surface area contributed by atoms with Crippen LogP contribution < -0.4 is 4.74 Å². The molecule has 1 aliphatic carbocycles. The lowest BCUT2D eigenvalue weighted by Crippen LogP contribution is -2.25. The summed E-state index contributed by atoms with van der Waals surface area (Å²) in [7, 11) is -4.25. The molecule has 1 aliphatic rings. The highest BCUT2D eigenvalue weighted by Crippen LogP contribution is 2.46. The van der Waals surface area contributed by atoms with Gasteiger partial charge in [0.25, 0.3) is 10.1 Å². The van der Waals surface area contributed by atoms with Crippen LogP contribution in [0.4, 0.5) is 0 Å². The molecule has 0 heterocycles. The number of hydrogen-bond donors (Lipinski definition) is 2. The summed E-state index contributed by atoms with van der Waals surface area (Å²) in [6, 6.07) is 4.89. The number of carbonyl (C=O) groups excluding carboxylic acids is 1. The molecule has 110 valence electrons. The van der Waals surface area contributed by atoms with E-state index in [1.807, 2.05) is 0 Å². The maximum absolute atomic E-state index is 11.8. The average molecular weight is 300 g/mol. The number of aliphatic hydroxyl groups is 1. The maximum atomic E-state index is 11.8. The number of carbonyl (C=O) groups is 1. The topological polar surface area (TPSA) is 101 Å². The van der Waals surface area contributed by atoms with Crippen molar-refractivity contribution in [2.24, 2.45) is 11.8 Å². The molecule has 2 rings (SSSR count). The summed E-state index contributed by atoms with van der Waals surface area (Å²) in [6.07, 6.45) is 0.575. The van der Waals surface area contributed by atoms with Crippen LogP contribution in [0.2, 0.25) is 0 Å². The summed E-state index contributed by atoms with van der Waals surface area (Å²) in [5, 5.41) is 9.77. The van der Waals surface area contributed by atoms with Crippen molar-refractivity contribution in [3.8, 4) is 5.75 Å². The predicted octanol–water partition coefficient (Wildman–Crippen LogP) is 1.25. The standard InChI is InChI=1S/C13H16O6S/c1-13(2,15)11-7-10(11)12(14)19-8-3-5-9(6-4-8)20(16,17)18/h3-6,10-11,15H,7H2,1-2H3,(H,16,17,18). The van der Waals surface area contributed by atoms with Crippen LogP contribution in [0.3, 0.4) is 0 Å². The molecule has 1 fully saturated rings. The highest BCUT2D eigenvalue weighted by Gasteiger charge is 2.52. The molecule has 1 aromatic rings. The van der Waals surface area contributed by atoms with Crippen molar-refractivity contribution < 1.29 is 27.6 Å². The SMILES string of the molecule is CC(C)(O)C1CC1C(=O)Oc1ccc(S(=O)(=O)O)cc1. The normalized spacial score (nSPS) is 22.4. The molecule has 2 unspecified atom stereocenters. The van der Waals surface area contributed by atoms with E-state index in [-0.39, 0.29) is 22.5 Å². The summed E-state index contributed by atoms with van der Waals surface area (Å²) in [4.78, 5) is 11.5. The van der Waals surface area contributed by atoms with E-state index in [2.05, 4.69) is 0 Å². The van der Waals surface area contributed by atoms with Crippen LogP contribution in [-0.2, 0) is 14.9 Å². The first-order chi connectivity index (χ1) is 9.09. The Kier molecular flexibility index (Phi) is 3.62. The van der Waals surface area contributed by atoms with Gasteiger partial charge in [-0.1, -0.05) is 0 Å². The van der Waals surface area contributed by atoms with E-state index in [0.29, 0.717) is 6.42 Å². The number of hydrogen-bond acceptors (Lipinski definition) is 5. The molecule has 0 bridgehead atoms. The van der Waals surface area contributed by atoms with Gasteiger partial charge < -0.3 is 9.84 Å². The van der Waals surface area contributed by atoms with E-state index < -0.39 is 21.7 Å². The third-order valence-corrected chi connectivity index (χ3v) is 4.21. The molecular weight excluding hydrogens is 284 g/mol. The van der Waals surface area contributed by atoms with E-state index in [0.717, 1.165) is 12.1 Å². The molecule has 1 aromatic carbocycles. The van der Waals surface area contributed by atoms with E-state index in [1.54, 1.807) is 13.8 Å². The molecule has 0 aliphatic heterocycles. The van der Waals surface area contributed by atoms with Gasteiger partial charge in [0.2, 0.25) is 0 Å². The second kappa shape index (κ2) is 4.83. The summed E-state index contributed by atoms with van der Waals surface area (Å²) < 4.78 is 35.6. The Labute approximate surface area is 117 Å². The number of esters is 1. The third kappa shape index (κ3) is 3.36. The lowest BCUT2D eigenvalue weighted by atomic mass is 10.0. The largest absolute Gasteiger partial charge is 0.426 e. The molecule has 7 heteroatoms. The van der Waals surface area contributed by atoms with Crippen LogP contribution in [0, 0.1) is 11.8 Å². The Balaban J connectivity index is 2.00. The first-order valence-electron chi connectivity index (χ1n) is 6.10. The Morgan fingerprint density at radius 2 is 1.85 bits per heavy atom. The zero-order valence-electron chi connectivity index (χ0n) is 11.1. The van der Waals surface area contributed by atoms with Crippen LogP contribution in [0.15, 0.2) is 29.2 Å². The van der Waals surface area contributed by atoms with Crippen molar-refractivity contribution in [3.05, 3.63) is 24.3 Å². The molecule has 0 radical (unpaired) electrons. The van der Waals surface area contributed by atoms with E-state index >= 15 is 0 Å². The fourth-order valence-electron chi connectivity index (χ4n) is 2.11. The lowest BCUT2D eigenvalue weighted by Gasteiger charge is -2.16. The Morgan fingerprint density at radius 1 is 1.30 bits per heavy atom. The fourth-order valence-corrected chi connectivity index (χ4v) is 2.59. The minimum Gasteiger partial charge on any atom is -0.426 e. The molecule has 0 aromatic heterocycles. The molecule has 0 spiro atoms. The fraction of sp³-hybridized carbons (Fsp3) is 0.462. The van der Waals surface area contributed by atoms with Gasteiger partial charge in [-0.25, -0.2) is 0 Å². The van der Waals surface area contributed by atoms with Gasteiger partial charge in [0.15, 0.2) is 0 Å². The van der Waals surface area contributed by atoms with Crippen LogP contribution in [0.1, 0.15) is 20.3 Å². The van der Waals surface area contributed by atoms with Gasteiger partial charge in [-0.05, 0) is 44.5 Å². The van der Waals surface area contributed by atoms with Gasteiger partial charge in [0, 0.05) is 5.92 Å². The van der Waals surface area contributed by atoms with Crippen molar-refractivity contribution in [1.82, 2.24) is 0 Å². The smallest absolute Gasteiger partial charge is 0.314 e.